The van der Waals surface area contributed by atoms with Crippen LogP contribution in [-0.2, 0) is 4.74 Å². The summed E-state index contributed by atoms with van der Waals surface area (Å²) in [6.07, 6.45) is 1.40. The van der Waals surface area contributed by atoms with Crippen LogP contribution in [0.2, 0.25) is 0 Å². The summed E-state index contributed by atoms with van der Waals surface area (Å²) < 4.78 is 4.94. The van der Waals surface area contributed by atoms with Crippen molar-refractivity contribution in [3.05, 3.63) is 11.1 Å². The molecule has 0 spiro atoms. The molecule has 0 radical (unpaired) electrons. The number of nitrogens with zero attached hydrogens (tertiary/aromatic N) is 3. The van der Waals surface area contributed by atoms with Crippen molar-refractivity contribution in [2.75, 3.05) is 38.1 Å². The molecule has 8 heteroatoms. The zero-order valence-electron chi connectivity index (χ0n) is 11.6. The largest absolute Gasteiger partial charge is 0.450 e. The smallest absolute Gasteiger partial charge is 0.409 e. The summed E-state index contributed by atoms with van der Waals surface area (Å²) in [6.45, 7) is 6.04. The average molecular weight is 298 g/mol. The molecule has 0 bridgehead atoms. The third kappa shape index (κ3) is 3.60. The van der Waals surface area contributed by atoms with Gasteiger partial charge in [0.05, 0.1) is 6.61 Å². The number of carbonyl (C=O) groups is 2. The Morgan fingerprint density at radius 3 is 2.55 bits per heavy atom. The lowest BCUT2D eigenvalue weighted by atomic mass is 10.3. The van der Waals surface area contributed by atoms with E-state index in [1.165, 1.54) is 11.3 Å². The normalized spacial score (nSPS) is 15.1. The highest BCUT2D eigenvalue weighted by Gasteiger charge is 2.25. The standard InChI is InChI=1S/C12H18N4O3S/c1-3-19-12(18)16-6-4-15(5-7-16)11(17)14-10-13-8-9(2)20-10/h8H,3-7H2,1-2H3,(H,13,14,17). The van der Waals surface area contributed by atoms with E-state index in [9.17, 15) is 9.59 Å². The minimum absolute atomic E-state index is 0.178. The van der Waals surface area contributed by atoms with E-state index in [0.29, 0.717) is 37.9 Å². The summed E-state index contributed by atoms with van der Waals surface area (Å²) in [5.74, 6) is 0. The summed E-state index contributed by atoms with van der Waals surface area (Å²) in [7, 11) is 0. The van der Waals surface area contributed by atoms with Gasteiger partial charge in [-0.15, -0.1) is 11.3 Å². The van der Waals surface area contributed by atoms with Crippen LogP contribution in [0.4, 0.5) is 14.7 Å². The molecule has 20 heavy (non-hydrogen) atoms. The average Bonchev–Trinajstić information content (AvgIpc) is 2.84. The number of thiazole rings is 1. The molecule has 0 atom stereocenters. The lowest BCUT2D eigenvalue weighted by molar-refractivity contribution is 0.0868. The van der Waals surface area contributed by atoms with Gasteiger partial charge in [-0.2, -0.15) is 0 Å². The van der Waals surface area contributed by atoms with Crippen molar-refractivity contribution in [1.29, 1.82) is 0 Å². The molecular weight excluding hydrogens is 280 g/mol. The van der Waals surface area contributed by atoms with Gasteiger partial charge in [0.15, 0.2) is 5.13 Å². The van der Waals surface area contributed by atoms with Gasteiger partial charge in [-0.1, -0.05) is 0 Å². The van der Waals surface area contributed by atoms with Crippen LogP contribution in [0, 0.1) is 6.92 Å². The van der Waals surface area contributed by atoms with Crippen LogP contribution in [0.15, 0.2) is 6.20 Å². The van der Waals surface area contributed by atoms with Gasteiger partial charge < -0.3 is 14.5 Å². The third-order valence-corrected chi connectivity index (χ3v) is 3.76. The number of nitrogens with one attached hydrogen (secondary N) is 1. The quantitative estimate of drug-likeness (QED) is 0.902. The van der Waals surface area contributed by atoms with E-state index in [1.807, 2.05) is 6.92 Å². The number of aromatic nitrogens is 1. The Balaban J connectivity index is 1.81. The van der Waals surface area contributed by atoms with Crippen molar-refractivity contribution < 1.29 is 14.3 Å². The molecular formula is C12H18N4O3S. The molecule has 7 nitrogen and oxygen atoms in total. The fourth-order valence-corrected chi connectivity index (χ4v) is 2.54. The Hall–Kier alpha value is -1.83. The first-order chi connectivity index (χ1) is 9.60. The van der Waals surface area contributed by atoms with E-state index in [0.717, 1.165) is 4.88 Å². The molecule has 3 amide bonds. The Bertz CT molecular complexity index is 483. The number of urea groups is 1. The van der Waals surface area contributed by atoms with Crippen LogP contribution in [0.25, 0.3) is 0 Å². The number of aryl methyl sites for hydroxylation is 1. The fraction of sp³-hybridized carbons (Fsp3) is 0.583. The summed E-state index contributed by atoms with van der Waals surface area (Å²) in [4.78, 5) is 32.0. The Morgan fingerprint density at radius 1 is 1.35 bits per heavy atom. The minimum Gasteiger partial charge on any atom is -0.450 e. The van der Waals surface area contributed by atoms with E-state index in [2.05, 4.69) is 10.3 Å². The van der Waals surface area contributed by atoms with Gasteiger partial charge in [-0.3, -0.25) is 5.32 Å². The van der Waals surface area contributed by atoms with Gasteiger partial charge >= 0.3 is 12.1 Å². The summed E-state index contributed by atoms with van der Waals surface area (Å²) >= 11 is 1.44. The molecule has 2 rings (SSSR count). The second-order valence-electron chi connectivity index (χ2n) is 4.38. The SMILES string of the molecule is CCOC(=O)N1CCN(C(=O)Nc2ncc(C)s2)CC1. The van der Waals surface area contributed by atoms with Gasteiger partial charge in [-0.25, -0.2) is 14.6 Å². The molecule has 1 aromatic heterocycles. The van der Waals surface area contributed by atoms with Crippen LogP contribution < -0.4 is 5.32 Å². The molecule has 0 aromatic carbocycles. The number of amides is 3. The Morgan fingerprint density at radius 2 is 2.00 bits per heavy atom. The molecule has 0 aliphatic carbocycles. The van der Waals surface area contributed by atoms with Crippen LogP contribution >= 0.6 is 11.3 Å². The van der Waals surface area contributed by atoms with Crippen LogP contribution in [0.1, 0.15) is 11.8 Å². The summed E-state index contributed by atoms with van der Waals surface area (Å²) in [5, 5.41) is 3.36. The van der Waals surface area contributed by atoms with E-state index >= 15 is 0 Å². The van der Waals surface area contributed by atoms with Crippen molar-refractivity contribution >= 4 is 28.6 Å². The number of hydrogen-bond donors (Lipinski definition) is 1. The van der Waals surface area contributed by atoms with Crippen LogP contribution in [0.5, 0.6) is 0 Å². The first-order valence-corrected chi connectivity index (χ1v) is 7.32. The molecule has 1 aliphatic rings. The Kier molecular flexibility index (Phi) is 4.78. The zero-order chi connectivity index (χ0) is 14.5. The van der Waals surface area contributed by atoms with Crippen molar-refractivity contribution in [2.24, 2.45) is 0 Å². The van der Waals surface area contributed by atoms with Gasteiger partial charge in [-0.05, 0) is 13.8 Å². The predicted molar refractivity (Wildman–Crippen MR) is 76.0 cm³/mol. The van der Waals surface area contributed by atoms with Crippen LogP contribution in [0.3, 0.4) is 0 Å². The Labute approximate surface area is 121 Å². The van der Waals surface area contributed by atoms with Crippen molar-refractivity contribution in [1.82, 2.24) is 14.8 Å². The van der Waals surface area contributed by atoms with Crippen molar-refractivity contribution in [2.45, 2.75) is 13.8 Å². The molecule has 1 fully saturated rings. The van der Waals surface area contributed by atoms with Gasteiger partial charge in [0, 0.05) is 37.3 Å². The highest BCUT2D eigenvalue weighted by molar-refractivity contribution is 7.15. The summed E-state index contributed by atoms with van der Waals surface area (Å²) in [6, 6.07) is -0.178. The van der Waals surface area contributed by atoms with Gasteiger partial charge in [0.1, 0.15) is 0 Å². The number of carbonyl (C=O) groups excluding carboxylic acids is 2. The monoisotopic (exact) mass is 298 g/mol. The fourth-order valence-electron chi connectivity index (χ4n) is 1.89. The maximum Gasteiger partial charge on any atom is 0.409 e. The zero-order valence-corrected chi connectivity index (χ0v) is 12.4. The van der Waals surface area contributed by atoms with Crippen molar-refractivity contribution in [3.63, 3.8) is 0 Å². The number of hydrogen-bond acceptors (Lipinski definition) is 5. The molecule has 110 valence electrons. The first kappa shape index (κ1) is 14.6. The van der Waals surface area contributed by atoms with E-state index in [1.54, 1.807) is 22.9 Å². The number of rotatable bonds is 2. The maximum absolute atomic E-state index is 12.0. The first-order valence-electron chi connectivity index (χ1n) is 6.50. The predicted octanol–water partition coefficient (Wildman–Crippen LogP) is 1.76. The maximum atomic E-state index is 12.0. The van der Waals surface area contributed by atoms with E-state index in [-0.39, 0.29) is 12.1 Å². The molecule has 1 aliphatic heterocycles. The molecule has 2 heterocycles. The third-order valence-electron chi connectivity index (χ3n) is 2.93. The molecule has 0 saturated carbocycles. The lowest BCUT2D eigenvalue weighted by Crippen LogP contribution is -2.51. The number of anilines is 1. The summed E-state index contributed by atoms with van der Waals surface area (Å²) in [5.41, 5.74) is 0. The minimum atomic E-state index is -0.317. The van der Waals surface area contributed by atoms with E-state index < -0.39 is 0 Å². The second-order valence-corrected chi connectivity index (χ2v) is 5.61. The van der Waals surface area contributed by atoms with Gasteiger partial charge in [0.25, 0.3) is 0 Å². The molecule has 1 N–H and O–H groups in total. The highest BCUT2D eigenvalue weighted by atomic mass is 32.1. The molecule has 0 unspecified atom stereocenters. The number of ether oxygens (including phenoxy) is 1. The van der Waals surface area contributed by atoms with Gasteiger partial charge in [0.2, 0.25) is 0 Å². The molecule has 1 saturated heterocycles. The van der Waals surface area contributed by atoms with Crippen LogP contribution in [-0.4, -0.2) is 59.7 Å². The highest BCUT2D eigenvalue weighted by Crippen LogP contribution is 2.17. The second kappa shape index (κ2) is 6.56. The van der Waals surface area contributed by atoms with Crippen molar-refractivity contribution in [3.8, 4) is 0 Å². The molecule has 1 aromatic rings. The topological polar surface area (TPSA) is 74.8 Å². The van der Waals surface area contributed by atoms with E-state index in [4.69, 9.17) is 4.74 Å². The number of piperazine rings is 1. The lowest BCUT2D eigenvalue weighted by Gasteiger charge is -2.33.